The van der Waals surface area contributed by atoms with Gasteiger partial charge in [-0.3, -0.25) is 4.79 Å². The first-order valence-electron chi connectivity index (χ1n) is 10.1. The van der Waals surface area contributed by atoms with Crippen molar-refractivity contribution in [3.05, 3.63) is 101 Å². The predicted octanol–water partition coefficient (Wildman–Crippen LogP) is 4.38. The molecule has 1 aromatic heterocycles. The molecule has 0 aliphatic heterocycles. The molecule has 0 fully saturated rings. The zero-order valence-electron chi connectivity index (χ0n) is 18.1. The summed E-state index contributed by atoms with van der Waals surface area (Å²) in [5, 5.41) is 13.6. The van der Waals surface area contributed by atoms with Crippen molar-refractivity contribution in [3.63, 3.8) is 0 Å². The fourth-order valence-corrected chi connectivity index (χ4v) is 4.25. The normalized spacial score (nSPS) is 11.2. The van der Waals surface area contributed by atoms with Crippen molar-refractivity contribution in [1.29, 1.82) is 0 Å². The molecular formula is C24H17Br2N3O6. The molecule has 0 amide bonds. The van der Waals surface area contributed by atoms with Gasteiger partial charge in [-0.15, -0.1) is 4.68 Å². The number of nitrogens with zero attached hydrogens (tertiary/aromatic N) is 2. The molecule has 0 aliphatic rings. The largest absolute Gasteiger partial charge is 0.493 e. The molecule has 2 N–H and O–H groups in total. The van der Waals surface area contributed by atoms with Crippen LogP contribution in [0.2, 0.25) is 0 Å². The number of carboxylic acid groups (broad SMARTS) is 1. The Labute approximate surface area is 214 Å². The lowest BCUT2D eigenvalue weighted by atomic mass is 10.1. The maximum Gasteiger partial charge on any atom is 0.349 e. The van der Waals surface area contributed by atoms with E-state index in [1.807, 2.05) is 0 Å². The van der Waals surface area contributed by atoms with Crippen molar-refractivity contribution in [3.8, 4) is 11.5 Å². The Hall–Kier alpha value is -3.70. The Morgan fingerprint density at radius 2 is 1.89 bits per heavy atom. The first-order chi connectivity index (χ1) is 16.8. The second-order valence-electron chi connectivity index (χ2n) is 7.26. The maximum absolute atomic E-state index is 12.7. The summed E-state index contributed by atoms with van der Waals surface area (Å²) in [6, 6.07) is 14.7. The standard InChI is InChI=1S/C24H17Br2N3O6/c1-34-18-10-15(11-27-29-22(30)16-7-2-3-8-17(16)28-24(29)33)19(25)20(26)21(18)35-12-13-5-4-6-14(9-13)23(31)32/h2-11H,12H2,1H3,(H,28,33)(H,31,32). The van der Waals surface area contributed by atoms with Crippen LogP contribution in [-0.2, 0) is 6.61 Å². The van der Waals surface area contributed by atoms with Crippen molar-refractivity contribution in [1.82, 2.24) is 9.66 Å². The molecule has 3 aromatic carbocycles. The van der Waals surface area contributed by atoms with E-state index in [1.54, 1.807) is 42.5 Å². The minimum atomic E-state index is -1.03. The number of aromatic carboxylic acids is 1. The lowest BCUT2D eigenvalue weighted by Gasteiger charge is -2.15. The molecule has 0 saturated carbocycles. The molecule has 0 atom stereocenters. The van der Waals surface area contributed by atoms with Crippen LogP contribution in [0.3, 0.4) is 0 Å². The molecule has 0 spiro atoms. The molecular weight excluding hydrogens is 586 g/mol. The summed E-state index contributed by atoms with van der Waals surface area (Å²) < 4.78 is 13.2. The van der Waals surface area contributed by atoms with Gasteiger partial charge in [0.25, 0.3) is 5.56 Å². The van der Waals surface area contributed by atoms with Crippen molar-refractivity contribution in [2.24, 2.45) is 5.10 Å². The molecule has 11 heteroatoms. The number of ether oxygens (including phenoxy) is 2. The molecule has 0 bridgehead atoms. The average Bonchev–Trinajstić information content (AvgIpc) is 2.85. The van der Waals surface area contributed by atoms with E-state index in [9.17, 15) is 19.5 Å². The van der Waals surface area contributed by atoms with Crippen LogP contribution < -0.4 is 20.7 Å². The minimum absolute atomic E-state index is 0.0951. The lowest BCUT2D eigenvalue weighted by Crippen LogP contribution is -2.32. The predicted molar refractivity (Wildman–Crippen MR) is 138 cm³/mol. The Balaban J connectivity index is 1.67. The molecule has 0 saturated heterocycles. The number of hydrogen-bond acceptors (Lipinski definition) is 6. The smallest absolute Gasteiger partial charge is 0.349 e. The quantitative estimate of drug-likeness (QED) is 0.303. The van der Waals surface area contributed by atoms with E-state index in [2.05, 4.69) is 41.9 Å². The Morgan fingerprint density at radius 3 is 2.63 bits per heavy atom. The minimum Gasteiger partial charge on any atom is -0.493 e. The highest BCUT2D eigenvalue weighted by molar-refractivity contribution is 9.13. The number of H-pyrrole nitrogens is 1. The number of halogens is 2. The Morgan fingerprint density at radius 1 is 1.11 bits per heavy atom. The fraction of sp³-hybridized carbons (Fsp3) is 0.0833. The summed E-state index contributed by atoms with van der Waals surface area (Å²) in [6.07, 6.45) is 1.35. The van der Waals surface area contributed by atoms with Crippen LogP contribution in [0, 0.1) is 0 Å². The van der Waals surface area contributed by atoms with Crippen molar-refractivity contribution >= 4 is 54.9 Å². The molecule has 4 aromatic rings. The number of aromatic amines is 1. The molecule has 9 nitrogen and oxygen atoms in total. The van der Waals surface area contributed by atoms with Crippen LogP contribution in [0.5, 0.6) is 11.5 Å². The van der Waals surface area contributed by atoms with Gasteiger partial charge in [0.05, 0.1) is 34.3 Å². The highest BCUT2D eigenvalue weighted by Crippen LogP contribution is 2.42. The number of nitrogens with one attached hydrogen (secondary N) is 1. The third-order valence-corrected chi connectivity index (χ3v) is 7.17. The summed E-state index contributed by atoms with van der Waals surface area (Å²) in [4.78, 5) is 38.9. The number of aromatic nitrogens is 2. The van der Waals surface area contributed by atoms with E-state index in [1.165, 1.54) is 25.5 Å². The number of fused-ring (bicyclic) bond motifs is 1. The molecule has 0 aliphatic carbocycles. The monoisotopic (exact) mass is 601 g/mol. The van der Waals surface area contributed by atoms with Gasteiger partial charge in [-0.05, 0) is 67.8 Å². The van der Waals surface area contributed by atoms with Crippen LogP contribution in [0.15, 0.2) is 78.2 Å². The molecule has 1 heterocycles. The van der Waals surface area contributed by atoms with Crippen molar-refractivity contribution in [2.45, 2.75) is 6.61 Å². The second kappa shape index (κ2) is 10.3. The SMILES string of the molecule is COc1cc(C=Nn2c(=O)[nH]c3ccccc3c2=O)c(Br)c(Br)c1OCc1cccc(C(=O)O)c1. The van der Waals surface area contributed by atoms with E-state index in [4.69, 9.17) is 9.47 Å². The zero-order chi connectivity index (χ0) is 25.1. The fourth-order valence-electron chi connectivity index (χ4n) is 3.31. The van der Waals surface area contributed by atoms with Gasteiger partial charge in [0.2, 0.25) is 0 Å². The molecule has 0 radical (unpaired) electrons. The van der Waals surface area contributed by atoms with Gasteiger partial charge >= 0.3 is 11.7 Å². The first kappa shape index (κ1) is 24.4. The van der Waals surface area contributed by atoms with Crippen LogP contribution >= 0.6 is 31.9 Å². The maximum atomic E-state index is 12.7. The zero-order valence-corrected chi connectivity index (χ0v) is 21.3. The van der Waals surface area contributed by atoms with Gasteiger partial charge in [0.15, 0.2) is 11.5 Å². The van der Waals surface area contributed by atoms with Crippen LogP contribution in [0.25, 0.3) is 10.9 Å². The molecule has 0 unspecified atom stereocenters. The van der Waals surface area contributed by atoms with E-state index in [0.717, 1.165) is 4.68 Å². The van der Waals surface area contributed by atoms with E-state index in [0.29, 0.717) is 42.5 Å². The highest BCUT2D eigenvalue weighted by atomic mass is 79.9. The Kier molecular flexibility index (Phi) is 7.17. The third-order valence-electron chi connectivity index (χ3n) is 5.03. The van der Waals surface area contributed by atoms with Crippen molar-refractivity contribution in [2.75, 3.05) is 7.11 Å². The van der Waals surface area contributed by atoms with E-state index in [-0.39, 0.29) is 12.2 Å². The summed E-state index contributed by atoms with van der Waals surface area (Å²) in [5.41, 5.74) is 0.532. The van der Waals surface area contributed by atoms with Gasteiger partial charge < -0.3 is 19.6 Å². The van der Waals surface area contributed by atoms with E-state index < -0.39 is 17.2 Å². The lowest BCUT2D eigenvalue weighted by molar-refractivity contribution is 0.0696. The summed E-state index contributed by atoms with van der Waals surface area (Å²) >= 11 is 6.95. The van der Waals surface area contributed by atoms with Gasteiger partial charge in [-0.1, -0.05) is 24.3 Å². The first-order valence-corrected chi connectivity index (χ1v) is 11.7. The number of methoxy groups -OCH3 is 1. The van der Waals surface area contributed by atoms with Crippen LogP contribution in [0.1, 0.15) is 21.5 Å². The molecule has 35 heavy (non-hydrogen) atoms. The van der Waals surface area contributed by atoms with Crippen LogP contribution in [-0.4, -0.2) is 34.1 Å². The summed E-state index contributed by atoms with van der Waals surface area (Å²) in [7, 11) is 1.47. The van der Waals surface area contributed by atoms with E-state index >= 15 is 0 Å². The summed E-state index contributed by atoms with van der Waals surface area (Å²) in [5.74, 6) is -0.296. The number of para-hydroxylation sites is 1. The molecule has 178 valence electrons. The second-order valence-corrected chi connectivity index (χ2v) is 8.84. The number of benzene rings is 3. The third kappa shape index (κ3) is 5.05. The average molecular weight is 603 g/mol. The number of rotatable bonds is 7. The highest BCUT2D eigenvalue weighted by Gasteiger charge is 2.17. The molecule has 4 rings (SSSR count). The van der Waals surface area contributed by atoms with Crippen molar-refractivity contribution < 1.29 is 19.4 Å². The topological polar surface area (TPSA) is 123 Å². The number of carboxylic acids is 1. The summed E-state index contributed by atoms with van der Waals surface area (Å²) in [6.45, 7) is 0.0951. The van der Waals surface area contributed by atoms with Gasteiger partial charge in [-0.25, -0.2) is 9.59 Å². The van der Waals surface area contributed by atoms with Gasteiger partial charge in [0, 0.05) is 10.0 Å². The Bertz CT molecular complexity index is 1590. The van der Waals surface area contributed by atoms with Gasteiger partial charge in [-0.2, -0.15) is 5.10 Å². The number of hydrogen-bond donors (Lipinski definition) is 2. The van der Waals surface area contributed by atoms with Gasteiger partial charge in [0.1, 0.15) is 6.61 Å². The number of carbonyl (C=O) groups is 1. The van der Waals surface area contributed by atoms with Crippen LogP contribution in [0.4, 0.5) is 0 Å².